The Morgan fingerprint density at radius 3 is 2.50 bits per heavy atom. The van der Waals surface area contributed by atoms with Gasteiger partial charge >= 0.3 is 12.0 Å². The topological polar surface area (TPSA) is 81.4 Å². The number of amides is 2. The minimum absolute atomic E-state index is 0.0590. The van der Waals surface area contributed by atoms with Crippen LogP contribution in [0.5, 0.6) is 0 Å². The van der Waals surface area contributed by atoms with E-state index in [0.717, 1.165) is 5.56 Å². The lowest BCUT2D eigenvalue weighted by molar-refractivity contribution is -0.141. The van der Waals surface area contributed by atoms with Gasteiger partial charge in [-0.25, -0.2) is 4.79 Å². The predicted octanol–water partition coefficient (Wildman–Crippen LogP) is 0.959. The second kappa shape index (κ2) is 5.75. The SMILES string of the molecule is COC(=O)CC(NC(N)=O)c1ccccc1. The number of primary amides is 1. The number of methoxy groups -OCH3 is 1. The molecule has 5 heteroatoms. The lowest BCUT2D eigenvalue weighted by Gasteiger charge is -2.16. The Bertz CT molecular complexity index is 365. The van der Waals surface area contributed by atoms with Crippen molar-refractivity contribution in [2.45, 2.75) is 12.5 Å². The largest absolute Gasteiger partial charge is 0.469 e. The molecule has 0 aliphatic heterocycles. The van der Waals surface area contributed by atoms with Crippen LogP contribution in [-0.2, 0) is 9.53 Å². The molecule has 0 fully saturated rings. The maximum absolute atomic E-state index is 11.2. The maximum Gasteiger partial charge on any atom is 0.312 e. The number of rotatable bonds is 4. The Morgan fingerprint density at radius 2 is 2.00 bits per heavy atom. The van der Waals surface area contributed by atoms with Crippen molar-refractivity contribution in [2.75, 3.05) is 7.11 Å². The number of ether oxygens (including phenoxy) is 1. The third-order valence-corrected chi connectivity index (χ3v) is 2.12. The minimum atomic E-state index is -0.669. The first-order chi connectivity index (χ1) is 7.63. The average molecular weight is 222 g/mol. The molecule has 16 heavy (non-hydrogen) atoms. The Hall–Kier alpha value is -2.04. The molecule has 1 aromatic carbocycles. The van der Waals surface area contributed by atoms with Crippen LogP contribution in [0.25, 0.3) is 0 Å². The standard InChI is InChI=1S/C11H14N2O3/c1-16-10(14)7-9(13-11(12)15)8-5-3-2-4-6-8/h2-6,9H,7H2,1H3,(H3,12,13,15). The third kappa shape index (κ3) is 3.61. The first-order valence-electron chi connectivity index (χ1n) is 4.81. The van der Waals surface area contributed by atoms with E-state index in [2.05, 4.69) is 10.1 Å². The van der Waals surface area contributed by atoms with Crippen LogP contribution in [0.4, 0.5) is 4.79 Å². The van der Waals surface area contributed by atoms with E-state index in [0.29, 0.717) is 0 Å². The number of hydrogen-bond donors (Lipinski definition) is 2. The van der Waals surface area contributed by atoms with Crippen molar-refractivity contribution in [3.8, 4) is 0 Å². The molecule has 1 atom stereocenters. The molecule has 1 unspecified atom stereocenters. The highest BCUT2D eigenvalue weighted by atomic mass is 16.5. The van der Waals surface area contributed by atoms with Gasteiger partial charge in [-0.2, -0.15) is 0 Å². The van der Waals surface area contributed by atoms with Crippen molar-refractivity contribution in [1.29, 1.82) is 0 Å². The van der Waals surface area contributed by atoms with Crippen LogP contribution in [0.2, 0.25) is 0 Å². The van der Waals surface area contributed by atoms with E-state index in [1.54, 1.807) is 0 Å². The summed E-state index contributed by atoms with van der Waals surface area (Å²) in [6.45, 7) is 0. The molecule has 0 aromatic heterocycles. The summed E-state index contributed by atoms with van der Waals surface area (Å²) in [7, 11) is 1.30. The highest BCUT2D eigenvalue weighted by molar-refractivity contribution is 5.75. The molecule has 0 bridgehead atoms. The molecular weight excluding hydrogens is 208 g/mol. The van der Waals surface area contributed by atoms with E-state index in [4.69, 9.17) is 5.73 Å². The van der Waals surface area contributed by atoms with Gasteiger partial charge in [0.05, 0.1) is 19.6 Å². The fraction of sp³-hybridized carbons (Fsp3) is 0.273. The summed E-state index contributed by atoms with van der Waals surface area (Å²) in [6, 6.07) is 7.99. The number of carbonyl (C=O) groups is 2. The Balaban J connectivity index is 2.79. The summed E-state index contributed by atoms with van der Waals surface area (Å²) >= 11 is 0. The molecule has 1 aromatic rings. The van der Waals surface area contributed by atoms with Gasteiger partial charge in [-0.15, -0.1) is 0 Å². The minimum Gasteiger partial charge on any atom is -0.469 e. The number of urea groups is 1. The van der Waals surface area contributed by atoms with Crippen molar-refractivity contribution in [3.63, 3.8) is 0 Å². The molecule has 0 saturated carbocycles. The lowest BCUT2D eigenvalue weighted by Crippen LogP contribution is -2.34. The van der Waals surface area contributed by atoms with Crippen LogP contribution in [0, 0.1) is 0 Å². The number of carbonyl (C=O) groups excluding carboxylic acids is 2. The molecule has 86 valence electrons. The summed E-state index contributed by atoms with van der Waals surface area (Å²) < 4.78 is 4.55. The van der Waals surface area contributed by atoms with Crippen molar-refractivity contribution in [3.05, 3.63) is 35.9 Å². The first-order valence-corrected chi connectivity index (χ1v) is 4.81. The van der Waals surface area contributed by atoms with Gasteiger partial charge in [0.15, 0.2) is 0 Å². The summed E-state index contributed by atoms with van der Waals surface area (Å²) in [6.07, 6.45) is 0.0590. The smallest absolute Gasteiger partial charge is 0.312 e. The fourth-order valence-corrected chi connectivity index (χ4v) is 1.36. The van der Waals surface area contributed by atoms with Crippen LogP contribution in [0.15, 0.2) is 30.3 Å². The van der Waals surface area contributed by atoms with Gasteiger partial charge < -0.3 is 15.8 Å². The first kappa shape index (κ1) is 12.0. The number of nitrogens with two attached hydrogens (primary N) is 1. The lowest BCUT2D eigenvalue weighted by atomic mass is 10.0. The zero-order chi connectivity index (χ0) is 12.0. The quantitative estimate of drug-likeness (QED) is 0.744. The molecular formula is C11H14N2O3. The zero-order valence-corrected chi connectivity index (χ0v) is 8.97. The number of hydrogen-bond acceptors (Lipinski definition) is 3. The molecule has 0 heterocycles. The second-order valence-corrected chi connectivity index (χ2v) is 3.25. The van der Waals surface area contributed by atoms with Gasteiger partial charge in [0.25, 0.3) is 0 Å². The van der Waals surface area contributed by atoms with Gasteiger partial charge in [-0.1, -0.05) is 30.3 Å². The monoisotopic (exact) mass is 222 g/mol. The normalized spacial score (nSPS) is 11.6. The summed E-state index contributed by atoms with van der Waals surface area (Å²) in [5, 5.41) is 2.50. The van der Waals surface area contributed by atoms with Crippen LogP contribution in [-0.4, -0.2) is 19.1 Å². The van der Waals surface area contributed by atoms with E-state index in [1.165, 1.54) is 7.11 Å². The van der Waals surface area contributed by atoms with Gasteiger partial charge in [0.2, 0.25) is 0 Å². The van der Waals surface area contributed by atoms with Crippen LogP contribution >= 0.6 is 0 Å². The number of nitrogens with one attached hydrogen (secondary N) is 1. The average Bonchev–Trinajstić information content (AvgIpc) is 2.28. The van der Waals surface area contributed by atoms with Crippen molar-refractivity contribution in [1.82, 2.24) is 5.32 Å². The third-order valence-electron chi connectivity index (χ3n) is 2.12. The molecule has 5 nitrogen and oxygen atoms in total. The highest BCUT2D eigenvalue weighted by Gasteiger charge is 2.17. The second-order valence-electron chi connectivity index (χ2n) is 3.25. The van der Waals surface area contributed by atoms with Crippen LogP contribution in [0.3, 0.4) is 0 Å². The zero-order valence-electron chi connectivity index (χ0n) is 8.97. The summed E-state index contributed by atoms with van der Waals surface area (Å²) in [5.74, 6) is -0.400. The Morgan fingerprint density at radius 1 is 1.38 bits per heavy atom. The van der Waals surface area contributed by atoms with E-state index >= 15 is 0 Å². The van der Waals surface area contributed by atoms with E-state index < -0.39 is 18.0 Å². The predicted molar refractivity (Wildman–Crippen MR) is 58.5 cm³/mol. The molecule has 1 rings (SSSR count). The van der Waals surface area contributed by atoms with Crippen molar-refractivity contribution < 1.29 is 14.3 Å². The molecule has 0 spiro atoms. The summed E-state index contributed by atoms with van der Waals surface area (Å²) in [5.41, 5.74) is 5.86. The van der Waals surface area contributed by atoms with Gasteiger partial charge in [0, 0.05) is 0 Å². The molecule has 0 radical (unpaired) electrons. The molecule has 0 aliphatic carbocycles. The van der Waals surface area contributed by atoms with E-state index in [1.807, 2.05) is 30.3 Å². The van der Waals surface area contributed by atoms with Crippen LogP contribution < -0.4 is 11.1 Å². The van der Waals surface area contributed by atoms with Crippen molar-refractivity contribution in [2.24, 2.45) is 5.73 Å². The van der Waals surface area contributed by atoms with Crippen molar-refractivity contribution >= 4 is 12.0 Å². The van der Waals surface area contributed by atoms with Gasteiger partial charge in [-0.3, -0.25) is 4.79 Å². The fourth-order valence-electron chi connectivity index (χ4n) is 1.36. The van der Waals surface area contributed by atoms with E-state index in [-0.39, 0.29) is 6.42 Å². The molecule has 0 saturated heterocycles. The summed E-state index contributed by atoms with van der Waals surface area (Å²) in [4.78, 5) is 22.0. The highest BCUT2D eigenvalue weighted by Crippen LogP contribution is 2.16. The van der Waals surface area contributed by atoms with Crippen LogP contribution in [0.1, 0.15) is 18.0 Å². The number of esters is 1. The Kier molecular flexibility index (Phi) is 4.32. The van der Waals surface area contributed by atoms with Gasteiger partial charge in [0.1, 0.15) is 0 Å². The maximum atomic E-state index is 11.2. The molecule has 2 amide bonds. The molecule has 0 aliphatic rings. The molecule has 3 N–H and O–H groups in total. The Labute approximate surface area is 93.6 Å². The number of benzene rings is 1. The van der Waals surface area contributed by atoms with Gasteiger partial charge in [-0.05, 0) is 5.56 Å². The van der Waals surface area contributed by atoms with E-state index in [9.17, 15) is 9.59 Å².